The summed E-state index contributed by atoms with van der Waals surface area (Å²) in [7, 11) is 0. The quantitative estimate of drug-likeness (QED) is 0.794. The molecule has 7 heteroatoms. The normalized spacial score (nSPS) is 15.6. The van der Waals surface area contributed by atoms with Gasteiger partial charge in [0.1, 0.15) is 6.54 Å². The van der Waals surface area contributed by atoms with Crippen LogP contribution in [0.3, 0.4) is 0 Å². The van der Waals surface area contributed by atoms with Gasteiger partial charge in [0.05, 0.1) is 15.6 Å². The summed E-state index contributed by atoms with van der Waals surface area (Å²) >= 11 is 6.82. The predicted molar refractivity (Wildman–Crippen MR) is 104 cm³/mol. The number of thioether (sulfide) groups is 1. The third-order valence-corrected chi connectivity index (χ3v) is 4.90. The van der Waals surface area contributed by atoms with E-state index in [4.69, 9.17) is 11.6 Å². The molecule has 3 rings (SSSR count). The number of hydrogen-bond donors (Lipinski definition) is 1. The standard InChI is InChI=1S/C19H15ClN2O3S/c1-12-5-4-6-13(9-12)10-16-18(24)22(19(25)26-16)11-17(23)21-15-8-3-2-7-14(15)20/h2-10H,11H2,1H3,(H,21,23)/b16-10+. The van der Waals surface area contributed by atoms with Crippen LogP contribution in [0.15, 0.2) is 53.4 Å². The zero-order chi connectivity index (χ0) is 18.7. The Labute approximate surface area is 160 Å². The predicted octanol–water partition coefficient (Wildman–Crippen LogP) is 4.32. The highest BCUT2D eigenvalue weighted by Gasteiger charge is 2.36. The summed E-state index contributed by atoms with van der Waals surface area (Å²) in [6.45, 7) is 1.59. The van der Waals surface area contributed by atoms with Crippen molar-refractivity contribution >= 4 is 52.2 Å². The van der Waals surface area contributed by atoms with Crippen molar-refractivity contribution in [1.82, 2.24) is 4.90 Å². The van der Waals surface area contributed by atoms with E-state index in [1.165, 1.54) is 0 Å². The largest absolute Gasteiger partial charge is 0.323 e. The number of carbonyl (C=O) groups is 3. The number of anilines is 1. The molecule has 0 aromatic heterocycles. The fourth-order valence-electron chi connectivity index (χ4n) is 2.44. The topological polar surface area (TPSA) is 66.5 Å². The van der Waals surface area contributed by atoms with Crippen molar-refractivity contribution in [2.75, 3.05) is 11.9 Å². The Hall–Kier alpha value is -2.57. The molecule has 1 heterocycles. The van der Waals surface area contributed by atoms with E-state index in [2.05, 4.69) is 5.32 Å². The van der Waals surface area contributed by atoms with Crippen molar-refractivity contribution < 1.29 is 14.4 Å². The van der Waals surface area contributed by atoms with E-state index in [1.54, 1.807) is 30.3 Å². The number of imide groups is 1. The number of rotatable bonds is 4. The fraction of sp³-hybridized carbons (Fsp3) is 0.105. The van der Waals surface area contributed by atoms with Crippen LogP contribution in [0.25, 0.3) is 6.08 Å². The summed E-state index contributed by atoms with van der Waals surface area (Å²) in [5.41, 5.74) is 2.31. The molecule has 2 aromatic rings. The van der Waals surface area contributed by atoms with Gasteiger partial charge in [-0.3, -0.25) is 19.3 Å². The van der Waals surface area contributed by atoms with Crippen LogP contribution in [0.5, 0.6) is 0 Å². The van der Waals surface area contributed by atoms with Crippen molar-refractivity contribution in [3.8, 4) is 0 Å². The summed E-state index contributed by atoms with van der Waals surface area (Å²) in [5, 5.41) is 2.52. The van der Waals surface area contributed by atoms with Crippen LogP contribution < -0.4 is 5.32 Å². The van der Waals surface area contributed by atoms with Gasteiger partial charge in [-0.25, -0.2) is 0 Å². The second kappa shape index (κ2) is 7.76. The van der Waals surface area contributed by atoms with Crippen molar-refractivity contribution in [3.05, 3.63) is 69.6 Å². The first-order chi connectivity index (χ1) is 12.4. The second-order valence-electron chi connectivity index (χ2n) is 5.71. The number of benzene rings is 2. The molecule has 0 spiro atoms. The molecule has 2 aromatic carbocycles. The highest BCUT2D eigenvalue weighted by atomic mass is 35.5. The van der Waals surface area contributed by atoms with Gasteiger partial charge in [-0.1, -0.05) is 53.6 Å². The Morgan fingerprint density at radius 3 is 2.69 bits per heavy atom. The molecule has 0 aliphatic carbocycles. The molecule has 1 aliphatic rings. The lowest BCUT2D eigenvalue weighted by atomic mass is 10.1. The maximum atomic E-state index is 12.5. The molecule has 0 radical (unpaired) electrons. The molecule has 132 valence electrons. The minimum Gasteiger partial charge on any atom is -0.323 e. The Balaban J connectivity index is 1.71. The molecule has 0 bridgehead atoms. The summed E-state index contributed by atoms with van der Waals surface area (Å²) in [4.78, 5) is 38.0. The van der Waals surface area contributed by atoms with Crippen LogP contribution in [-0.2, 0) is 9.59 Å². The summed E-state index contributed by atoms with van der Waals surface area (Å²) in [6, 6.07) is 14.3. The van der Waals surface area contributed by atoms with Crippen LogP contribution in [0.4, 0.5) is 10.5 Å². The lowest BCUT2D eigenvalue weighted by Crippen LogP contribution is -2.36. The van der Waals surface area contributed by atoms with Gasteiger partial charge in [0.25, 0.3) is 11.1 Å². The van der Waals surface area contributed by atoms with E-state index in [9.17, 15) is 14.4 Å². The molecule has 1 fully saturated rings. The molecule has 1 aliphatic heterocycles. The van der Waals surface area contributed by atoms with E-state index in [-0.39, 0.29) is 6.54 Å². The molecule has 0 atom stereocenters. The van der Waals surface area contributed by atoms with Gasteiger partial charge in [0.15, 0.2) is 0 Å². The average molecular weight is 387 g/mol. The van der Waals surface area contributed by atoms with E-state index >= 15 is 0 Å². The van der Waals surface area contributed by atoms with Gasteiger partial charge in [0.2, 0.25) is 5.91 Å². The Morgan fingerprint density at radius 2 is 1.96 bits per heavy atom. The molecule has 26 heavy (non-hydrogen) atoms. The number of nitrogens with one attached hydrogen (secondary N) is 1. The molecule has 5 nitrogen and oxygen atoms in total. The average Bonchev–Trinajstić information content (AvgIpc) is 2.84. The van der Waals surface area contributed by atoms with Crippen LogP contribution in [0, 0.1) is 6.92 Å². The highest BCUT2D eigenvalue weighted by Crippen LogP contribution is 2.32. The number of halogens is 1. The summed E-state index contributed by atoms with van der Waals surface area (Å²) in [5.74, 6) is -0.965. The molecule has 1 N–H and O–H groups in total. The third-order valence-electron chi connectivity index (χ3n) is 3.66. The van der Waals surface area contributed by atoms with Crippen molar-refractivity contribution in [2.24, 2.45) is 0 Å². The monoisotopic (exact) mass is 386 g/mol. The molecule has 0 unspecified atom stereocenters. The summed E-state index contributed by atoms with van der Waals surface area (Å²) in [6.07, 6.45) is 1.66. The second-order valence-corrected chi connectivity index (χ2v) is 7.11. The minimum absolute atomic E-state index is 0.297. The fourth-order valence-corrected chi connectivity index (χ4v) is 3.46. The van der Waals surface area contributed by atoms with E-state index in [0.717, 1.165) is 27.8 Å². The smallest absolute Gasteiger partial charge is 0.294 e. The van der Waals surface area contributed by atoms with E-state index < -0.39 is 17.1 Å². The lowest BCUT2D eigenvalue weighted by molar-refractivity contribution is -0.127. The number of nitrogens with zero attached hydrogens (tertiary/aromatic N) is 1. The number of aryl methyl sites for hydroxylation is 1. The molecule has 0 saturated carbocycles. The zero-order valence-corrected chi connectivity index (χ0v) is 15.4. The molecule has 3 amide bonds. The van der Waals surface area contributed by atoms with Gasteiger partial charge >= 0.3 is 0 Å². The van der Waals surface area contributed by atoms with Gasteiger partial charge in [-0.15, -0.1) is 0 Å². The minimum atomic E-state index is -0.489. The third kappa shape index (κ3) is 4.15. The van der Waals surface area contributed by atoms with Crippen LogP contribution in [-0.4, -0.2) is 28.5 Å². The maximum Gasteiger partial charge on any atom is 0.294 e. The first kappa shape index (κ1) is 18.2. The Morgan fingerprint density at radius 1 is 1.19 bits per heavy atom. The number of amides is 3. The van der Waals surface area contributed by atoms with Gasteiger partial charge < -0.3 is 5.32 Å². The van der Waals surface area contributed by atoms with Gasteiger partial charge in [-0.2, -0.15) is 0 Å². The number of para-hydroxylation sites is 1. The van der Waals surface area contributed by atoms with Crippen LogP contribution in [0.1, 0.15) is 11.1 Å². The zero-order valence-electron chi connectivity index (χ0n) is 13.9. The maximum absolute atomic E-state index is 12.5. The first-order valence-electron chi connectivity index (χ1n) is 7.80. The van der Waals surface area contributed by atoms with Crippen molar-refractivity contribution in [3.63, 3.8) is 0 Å². The number of carbonyl (C=O) groups excluding carboxylic acids is 3. The highest BCUT2D eigenvalue weighted by molar-refractivity contribution is 8.18. The number of hydrogen-bond acceptors (Lipinski definition) is 4. The Kier molecular flexibility index (Phi) is 5.44. The SMILES string of the molecule is Cc1cccc(/C=C2/SC(=O)N(CC(=O)Nc3ccccc3Cl)C2=O)c1. The molecular formula is C19H15ClN2O3S. The van der Waals surface area contributed by atoms with E-state index in [0.29, 0.717) is 15.6 Å². The van der Waals surface area contributed by atoms with Gasteiger partial charge in [-0.05, 0) is 42.5 Å². The van der Waals surface area contributed by atoms with E-state index in [1.807, 2.05) is 31.2 Å². The van der Waals surface area contributed by atoms with Gasteiger partial charge in [0, 0.05) is 0 Å². The molecular weight excluding hydrogens is 372 g/mol. The van der Waals surface area contributed by atoms with Crippen molar-refractivity contribution in [2.45, 2.75) is 6.92 Å². The lowest BCUT2D eigenvalue weighted by Gasteiger charge is -2.13. The van der Waals surface area contributed by atoms with Crippen LogP contribution in [0.2, 0.25) is 5.02 Å². The Bertz CT molecular complexity index is 927. The summed E-state index contributed by atoms with van der Waals surface area (Å²) < 4.78 is 0. The van der Waals surface area contributed by atoms with Crippen LogP contribution >= 0.6 is 23.4 Å². The van der Waals surface area contributed by atoms with Crippen molar-refractivity contribution in [1.29, 1.82) is 0 Å². The molecule has 1 saturated heterocycles. The first-order valence-corrected chi connectivity index (χ1v) is 9.00.